The molecule has 0 radical (unpaired) electrons. The summed E-state index contributed by atoms with van der Waals surface area (Å²) in [7, 11) is 0. The molecular formula is C10H7Cl2N3O2. The average Bonchev–Trinajstić information content (AvgIpc) is 2.62. The number of hydrogen-bond acceptors (Lipinski definition) is 4. The molecule has 5 nitrogen and oxygen atoms in total. The van der Waals surface area contributed by atoms with Gasteiger partial charge in [0, 0.05) is 5.69 Å². The van der Waals surface area contributed by atoms with Crippen LogP contribution < -0.4 is 5.32 Å². The van der Waals surface area contributed by atoms with Gasteiger partial charge in [0.2, 0.25) is 11.2 Å². The van der Waals surface area contributed by atoms with Crippen molar-refractivity contribution in [1.29, 1.82) is 0 Å². The zero-order chi connectivity index (χ0) is 12.4. The van der Waals surface area contributed by atoms with Crippen LogP contribution in [0.4, 0.5) is 5.95 Å². The fourth-order valence-electron chi connectivity index (χ4n) is 1.21. The summed E-state index contributed by atoms with van der Waals surface area (Å²) in [4.78, 5) is 19.6. The predicted molar refractivity (Wildman–Crippen MR) is 63.5 cm³/mol. The van der Waals surface area contributed by atoms with Gasteiger partial charge in [-0.3, -0.25) is 10.1 Å². The van der Waals surface area contributed by atoms with Crippen molar-refractivity contribution in [2.45, 2.75) is 6.92 Å². The minimum absolute atomic E-state index is 0.0150. The second kappa shape index (κ2) is 4.73. The van der Waals surface area contributed by atoms with Gasteiger partial charge in [-0.15, -0.1) is 0 Å². The highest BCUT2D eigenvalue weighted by Crippen LogP contribution is 2.18. The van der Waals surface area contributed by atoms with Crippen LogP contribution in [0.5, 0.6) is 0 Å². The first-order valence-electron chi connectivity index (χ1n) is 4.62. The first-order chi connectivity index (χ1) is 8.06. The number of rotatable bonds is 2. The summed E-state index contributed by atoms with van der Waals surface area (Å²) in [5.74, 6) is -0.331. The molecule has 2 aromatic rings. The normalized spacial score (nSPS) is 10.3. The van der Waals surface area contributed by atoms with Crippen molar-refractivity contribution in [3.05, 3.63) is 40.0 Å². The Morgan fingerprint density at radius 1 is 1.41 bits per heavy atom. The van der Waals surface area contributed by atoms with E-state index in [2.05, 4.69) is 15.3 Å². The van der Waals surface area contributed by atoms with Crippen LogP contribution in [-0.2, 0) is 0 Å². The number of aromatic nitrogens is 2. The number of furan rings is 1. The Kier molecular flexibility index (Phi) is 3.31. The number of aryl methyl sites for hydroxylation is 1. The van der Waals surface area contributed by atoms with Gasteiger partial charge in [-0.05, 0) is 30.7 Å². The number of anilines is 1. The molecule has 0 bridgehead atoms. The molecule has 1 amide bonds. The second-order valence-electron chi connectivity index (χ2n) is 3.22. The summed E-state index contributed by atoms with van der Waals surface area (Å²) in [5.41, 5.74) is 0.867. The maximum Gasteiger partial charge on any atom is 0.262 e. The highest BCUT2D eigenvalue weighted by molar-refractivity contribution is 6.32. The summed E-state index contributed by atoms with van der Waals surface area (Å²) in [6.07, 6.45) is 1.32. The molecule has 0 aliphatic rings. The molecule has 0 aromatic carbocycles. The molecule has 2 rings (SSSR count). The molecule has 0 atom stereocenters. The van der Waals surface area contributed by atoms with Crippen molar-refractivity contribution in [2.24, 2.45) is 0 Å². The molecule has 0 aliphatic heterocycles. The van der Waals surface area contributed by atoms with E-state index in [9.17, 15) is 4.79 Å². The van der Waals surface area contributed by atoms with E-state index in [1.165, 1.54) is 12.3 Å². The van der Waals surface area contributed by atoms with Gasteiger partial charge in [0.1, 0.15) is 5.15 Å². The van der Waals surface area contributed by atoms with Gasteiger partial charge >= 0.3 is 0 Å². The van der Waals surface area contributed by atoms with E-state index in [1.54, 1.807) is 13.0 Å². The summed E-state index contributed by atoms with van der Waals surface area (Å²) in [5, 5.41) is 2.75. The van der Waals surface area contributed by atoms with Crippen LogP contribution in [0.25, 0.3) is 0 Å². The number of nitrogens with zero attached hydrogens (tertiary/aromatic N) is 2. The number of nitrogens with one attached hydrogen (secondary N) is 1. The molecule has 0 saturated carbocycles. The second-order valence-corrected chi connectivity index (χ2v) is 3.95. The van der Waals surface area contributed by atoms with Crippen molar-refractivity contribution in [3.8, 4) is 0 Å². The first kappa shape index (κ1) is 11.9. The Hall–Kier alpha value is -1.59. The summed E-state index contributed by atoms with van der Waals surface area (Å²) < 4.78 is 4.81. The number of amides is 1. The van der Waals surface area contributed by atoms with Crippen molar-refractivity contribution < 1.29 is 9.21 Å². The quantitative estimate of drug-likeness (QED) is 0.853. The molecule has 2 aromatic heterocycles. The Balaban J connectivity index is 2.21. The molecule has 0 aliphatic carbocycles. The fourth-order valence-corrected chi connectivity index (χ4v) is 1.65. The van der Waals surface area contributed by atoms with Gasteiger partial charge in [0.05, 0.1) is 11.8 Å². The van der Waals surface area contributed by atoms with Crippen LogP contribution in [0, 0.1) is 6.92 Å². The topological polar surface area (TPSA) is 68.0 Å². The number of carbonyl (C=O) groups is 1. The van der Waals surface area contributed by atoms with Crippen LogP contribution in [0.2, 0.25) is 10.4 Å². The summed E-state index contributed by atoms with van der Waals surface area (Å²) in [6, 6.07) is 3.04. The lowest BCUT2D eigenvalue weighted by atomic mass is 10.3. The van der Waals surface area contributed by atoms with Crippen LogP contribution in [0.15, 0.2) is 22.8 Å². The Morgan fingerprint density at radius 2 is 2.18 bits per heavy atom. The Labute approximate surface area is 107 Å². The van der Waals surface area contributed by atoms with Crippen LogP contribution in [0.3, 0.4) is 0 Å². The van der Waals surface area contributed by atoms with Crippen molar-refractivity contribution in [1.82, 2.24) is 9.97 Å². The third kappa shape index (κ3) is 2.75. The highest BCUT2D eigenvalue weighted by Gasteiger charge is 2.14. The lowest BCUT2D eigenvalue weighted by molar-refractivity contribution is 0.102. The predicted octanol–water partition coefficient (Wildman–Crippen LogP) is 2.94. The molecule has 88 valence electrons. The largest absolute Gasteiger partial charge is 0.452 e. The lowest BCUT2D eigenvalue weighted by Crippen LogP contribution is -2.14. The van der Waals surface area contributed by atoms with Crippen LogP contribution in [0.1, 0.15) is 16.1 Å². The maximum atomic E-state index is 11.7. The Morgan fingerprint density at radius 3 is 2.76 bits per heavy atom. The minimum Gasteiger partial charge on any atom is -0.452 e. The lowest BCUT2D eigenvalue weighted by Gasteiger charge is -2.03. The van der Waals surface area contributed by atoms with E-state index in [1.807, 2.05) is 0 Å². The maximum absolute atomic E-state index is 11.7. The fraction of sp³-hybridized carbons (Fsp3) is 0.100. The number of carbonyl (C=O) groups excluding carboxylic acids is 1. The van der Waals surface area contributed by atoms with Crippen LogP contribution >= 0.6 is 23.2 Å². The van der Waals surface area contributed by atoms with E-state index < -0.39 is 5.91 Å². The van der Waals surface area contributed by atoms with E-state index >= 15 is 0 Å². The highest BCUT2D eigenvalue weighted by atomic mass is 35.5. The van der Waals surface area contributed by atoms with E-state index in [0.29, 0.717) is 5.69 Å². The molecule has 0 spiro atoms. The van der Waals surface area contributed by atoms with E-state index in [-0.39, 0.29) is 21.9 Å². The molecule has 0 unspecified atom stereocenters. The summed E-state index contributed by atoms with van der Waals surface area (Å²) >= 11 is 11.4. The standard InChI is InChI=1S/C10H7Cl2N3O2/c1-5-4-7(11)14-10(13-5)15-9(16)6-2-3-17-8(6)12/h2-4H,1H3,(H,13,14,15,16). The van der Waals surface area contributed by atoms with Gasteiger partial charge in [0.25, 0.3) is 5.91 Å². The molecule has 1 N–H and O–H groups in total. The van der Waals surface area contributed by atoms with Gasteiger partial charge < -0.3 is 4.42 Å². The number of halogens is 2. The van der Waals surface area contributed by atoms with Crippen LogP contribution in [-0.4, -0.2) is 15.9 Å². The average molecular weight is 272 g/mol. The smallest absolute Gasteiger partial charge is 0.262 e. The molecule has 2 heterocycles. The van der Waals surface area contributed by atoms with Gasteiger partial charge in [-0.1, -0.05) is 11.6 Å². The molecular weight excluding hydrogens is 265 g/mol. The van der Waals surface area contributed by atoms with E-state index in [4.69, 9.17) is 27.6 Å². The monoisotopic (exact) mass is 271 g/mol. The SMILES string of the molecule is Cc1cc(Cl)nc(NC(=O)c2ccoc2Cl)n1. The third-order valence-corrected chi connectivity index (χ3v) is 2.40. The van der Waals surface area contributed by atoms with Gasteiger partial charge in [-0.25, -0.2) is 9.97 Å². The van der Waals surface area contributed by atoms with Crippen molar-refractivity contribution in [3.63, 3.8) is 0 Å². The molecule has 0 fully saturated rings. The Bertz CT molecular complexity index is 548. The van der Waals surface area contributed by atoms with Gasteiger partial charge in [0.15, 0.2) is 0 Å². The summed E-state index contributed by atoms with van der Waals surface area (Å²) in [6.45, 7) is 1.74. The van der Waals surface area contributed by atoms with Crippen molar-refractivity contribution in [2.75, 3.05) is 5.32 Å². The number of hydrogen-bond donors (Lipinski definition) is 1. The zero-order valence-electron chi connectivity index (χ0n) is 8.70. The molecule has 7 heteroatoms. The molecule has 0 saturated heterocycles. The minimum atomic E-state index is -0.453. The van der Waals surface area contributed by atoms with Gasteiger partial charge in [-0.2, -0.15) is 0 Å². The third-order valence-electron chi connectivity index (χ3n) is 1.91. The zero-order valence-corrected chi connectivity index (χ0v) is 10.2. The van der Waals surface area contributed by atoms with E-state index in [0.717, 1.165) is 0 Å². The van der Waals surface area contributed by atoms with Crippen molar-refractivity contribution >= 4 is 35.1 Å². The first-order valence-corrected chi connectivity index (χ1v) is 5.37. The molecule has 17 heavy (non-hydrogen) atoms.